The summed E-state index contributed by atoms with van der Waals surface area (Å²) in [5, 5.41) is 11.0. The Kier molecular flexibility index (Phi) is 2.70. The third-order valence-electron chi connectivity index (χ3n) is 5.29. The molecule has 3 aromatic rings. The van der Waals surface area contributed by atoms with E-state index in [1.807, 2.05) is 30.9 Å². The van der Waals surface area contributed by atoms with E-state index in [4.69, 9.17) is 0 Å². The van der Waals surface area contributed by atoms with E-state index in [1.165, 1.54) is 11.1 Å². The topological polar surface area (TPSA) is 50.9 Å². The Bertz CT molecular complexity index is 886. The zero-order chi connectivity index (χ0) is 15.4. The quantitative estimate of drug-likeness (QED) is 0.751. The highest BCUT2D eigenvalue weighted by molar-refractivity contribution is 5.69. The minimum absolute atomic E-state index is 0.142. The van der Waals surface area contributed by atoms with E-state index in [0.29, 0.717) is 0 Å². The second kappa shape index (κ2) is 4.77. The van der Waals surface area contributed by atoms with E-state index in [9.17, 15) is 5.11 Å². The number of hydrogen-bond donors (Lipinski definition) is 1. The van der Waals surface area contributed by atoms with Crippen LogP contribution in [0.4, 0.5) is 0 Å². The van der Waals surface area contributed by atoms with Crippen LogP contribution in [-0.4, -0.2) is 19.6 Å². The van der Waals surface area contributed by atoms with Gasteiger partial charge in [-0.15, -0.1) is 0 Å². The molecule has 5 rings (SSSR count). The van der Waals surface area contributed by atoms with Crippen molar-refractivity contribution >= 4 is 0 Å². The molecule has 1 aliphatic carbocycles. The molecule has 1 aliphatic heterocycles. The van der Waals surface area contributed by atoms with Crippen LogP contribution in [0, 0.1) is 5.92 Å². The number of nitrogens with zero attached hydrogens (tertiary/aromatic N) is 3. The van der Waals surface area contributed by atoms with Crippen LogP contribution in [-0.2, 0) is 6.42 Å². The van der Waals surface area contributed by atoms with Crippen LogP contribution < -0.4 is 0 Å². The highest BCUT2D eigenvalue weighted by Crippen LogP contribution is 2.49. The molecule has 1 N–H and O–H groups in total. The second-order valence-electron chi connectivity index (χ2n) is 6.40. The average molecular weight is 303 g/mol. The minimum atomic E-state index is -0.487. The van der Waals surface area contributed by atoms with E-state index in [-0.39, 0.29) is 12.0 Å². The van der Waals surface area contributed by atoms with Gasteiger partial charge in [-0.1, -0.05) is 30.3 Å². The summed E-state index contributed by atoms with van der Waals surface area (Å²) in [7, 11) is 0. The predicted octanol–water partition coefficient (Wildman–Crippen LogP) is 3.14. The molecule has 0 bridgehead atoms. The van der Waals surface area contributed by atoms with E-state index in [1.54, 1.807) is 0 Å². The van der Waals surface area contributed by atoms with Crippen molar-refractivity contribution in [3.8, 4) is 11.3 Å². The maximum atomic E-state index is 11.0. The molecule has 3 atom stereocenters. The van der Waals surface area contributed by atoms with Gasteiger partial charge in [0.1, 0.15) is 0 Å². The molecule has 4 heteroatoms. The molecule has 23 heavy (non-hydrogen) atoms. The molecule has 1 unspecified atom stereocenters. The SMILES string of the molecule is O[C@H]1c2cccnc2CC[C@@H]1C1c2ccccc2-c2cncn21. The first-order chi connectivity index (χ1) is 11.3. The molecule has 114 valence electrons. The fourth-order valence-corrected chi connectivity index (χ4v) is 4.26. The number of aliphatic hydroxyl groups is 1. The van der Waals surface area contributed by atoms with Crippen molar-refractivity contribution in [3.63, 3.8) is 0 Å². The van der Waals surface area contributed by atoms with Gasteiger partial charge in [0.05, 0.1) is 30.4 Å². The Morgan fingerprint density at radius 2 is 1.96 bits per heavy atom. The van der Waals surface area contributed by atoms with Crippen molar-refractivity contribution < 1.29 is 5.11 Å². The lowest BCUT2D eigenvalue weighted by Gasteiger charge is -2.34. The molecule has 0 spiro atoms. The fraction of sp³-hybridized carbons (Fsp3) is 0.263. The van der Waals surface area contributed by atoms with Crippen molar-refractivity contribution in [1.82, 2.24) is 14.5 Å². The molecule has 0 fully saturated rings. The maximum absolute atomic E-state index is 11.0. The van der Waals surface area contributed by atoms with Crippen molar-refractivity contribution in [2.75, 3.05) is 0 Å². The largest absolute Gasteiger partial charge is 0.388 e. The van der Waals surface area contributed by atoms with Gasteiger partial charge in [-0.2, -0.15) is 0 Å². The Morgan fingerprint density at radius 1 is 1.09 bits per heavy atom. The average Bonchev–Trinajstić information content (AvgIpc) is 3.17. The zero-order valence-corrected chi connectivity index (χ0v) is 12.6. The molecular weight excluding hydrogens is 286 g/mol. The normalized spacial score (nSPS) is 24.8. The van der Waals surface area contributed by atoms with Gasteiger partial charge < -0.3 is 9.67 Å². The van der Waals surface area contributed by atoms with E-state index in [2.05, 4.69) is 38.8 Å². The number of fused-ring (bicyclic) bond motifs is 4. The summed E-state index contributed by atoms with van der Waals surface area (Å²) in [6, 6.07) is 12.5. The second-order valence-corrected chi connectivity index (χ2v) is 6.40. The van der Waals surface area contributed by atoms with Crippen molar-refractivity contribution in [3.05, 3.63) is 71.9 Å². The van der Waals surface area contributed by atoms with Crippen LogP contribution in [0.2, 0.25) is 0 Å². The Labute approximate surface area is 134 Å². The molecular formula is C19H17N3O. The van der Waals surface area contributed by atoms with Crippen LogP contribution in [0.5, 0.6) is 0 Å². The summed E-state index contributed by atoms with van der Waals surface area (Å²) in [6.45, 7) is 0. The van der Waals surface area contributed by atoms with Crippen molar-refractivity contribution in [2.24, 2.45) is 5.92 Å². The number of hydrogen-bond acceptors (Lipinski definition) is 3. The highest BCUT2D eigenvalue weighted by atomic mass is 16.3. The Morgan fingerprint density at radius 3 is 2.91 bits per heavy atom. The van der Waals surface area contributed by atoms with E-state index < -0.39 is 6.10 Å². The molecule has 0 saturated heterocycles. The van der Waals surface area contributed by atoms with Gasteiger partial charge in [0.25, 0.3) is 0 Å². The summed E-state index contributed by atoms with van der Waals surface area (Å²) in [6.07, 6.45) is 6.99. The van der Waals surface area contributed by atoms with E-state index in [0.717, 1.165) is 29.8 Å². The molecule has 0 saturated carbocycles. The van der Waals surface area contributed by atoms with Gasteiger partial charge in [0, 0.05) is 28.9 Å². The molecule has 0 amide bonds. The van der Waals surface area contributed by atoms with Crippen molar-refractivity contribution in [1.29, 1.82) is 0 Å². The minimum Gasteiger partial charge on any atom is -0.388 e. The van der Waals surface area contributed by atoms with Crippen LogP contribution in [0.25, 0.3) is 11.3 Å². The molecule has 2 aliphatic rings. The third-order valence-corrected chi connectivity index (χ3v) is 5.29. The van der Waals surface area contributed by atoms with Crippen LogP contribution in [0.3, 0.4) is 0 Å². The standard InChI is InChI=1S/C19H17N3O/c23-19-14-6-3-9-21-16(14)8-7-15(19)18-13-5-2-1-4-12(13)17-10-20-11-22(17)18/h1-6,9-11,15,18-19,23H,7-8H2/t15-,18?,19+/m1/s1. The zero-order valence-electron chi connectivity index (χ0n) is 12.6. The first-order valence-electron chi connectivity index (χ1n) is 8.07. The first kappa shape index (κ1) is 13.0. The summed E-state index contributed by atoms with van der Waals surface area (Å²) < 4.78 is 2.22. The Hall–Kier alpha value is -2.46. The summed E-state index contributed by atoms with van der Waals surface area (Å²) in [5.74, 6) is 0.142. The van der Waals surface area contributed by atoms with Gasteiger partial charge in [-0.3, -0.25) is 4.98 Å². The predicted molar refractivity (Wildman–Crippen MR) is 86.8 cm³/mol. The number of aryl methyl sites for hydroxylation is 1. The van der Waals surface area contributed by atoms with Gasteiger partial charge in [-0.05, 0) is 24.5 Å². The molecule has 1 aromatic carbocycles. The summed E-state index contributed by atoms with van der Waals surface area (Å²) in [5.41, 5.74) is 5.69. The van der Waals surface area contributed by atoms with Gasteiger partial charge in [0.2, 0.25) is 0 Å². The smallest absolute Gasteiger partial charge is 0.0956 e. The Balaban J connectivity index is 1.64. The number of pyridine rings is 1. The molecule has 0 radical (unpaired) electrons. The molecule has 2 aromatic heterocycles. The lowest BCUT2D eigenvalue weighted by Crippen LogP contribution is -2.29. The fourth-order valence-electron chi connectivity index (χ4n) is 4.26. The van der Waals surface area contributed by atoms with Gasteiger partial charge >= 0.3 is 0 Å². The monoisotopic (exact) mass is 303 g/mol. The van der Waals surface area contributed by atoms with Gasteiger partial charge in [-0.25, -0.2) is 4.98 Å². The third kappa shape index (κ3) is 1.75. The molecule has 3 heterocycles. The highest BCUT2D eigenvalue weighted by Gasteiger charge is 2.40. The summed E-state index contributed by atoms with van der Waals surface area (Å²) >= 11 is 0. The maximum Gasteiger partial charge on any atom is 0.0956 e. The molecule has 4 nitrogen and oxygen atoms in total. The first-order valence-corrected chi connectivity index (χ1v) is 8.07. The van der Waals surface area contributed by atoms with Crippen LogP contribution >= 0.6 is 0 Å². The number of imidazole rings is 1. The van der Waals surface area contributed by atoms with Crippen LogP contribution in [0.15, 0.2) is 55.1 Å². The summed E-state index contributed by atoms with van der Waals surface area (Å²) in [4.78, 5) is 8.76. The number of aromatic nitrogens is 3. The lowest BCUT2D eigenvalue weighted by atomic mass is 9.77. The number of aliphatic hydroxyl groups excluding tert-OH is 1. The van der Waals surface area contributed by atoms with Crippen LogP contribution in [0.1, 0.15) is 35.4 Å². The number of benzene rings is 1. The van der Waals surface area contributed by atoms with E-state index >= 15 is 0 Å². The van der Waals surface area contributed by atoms with Gasteiger partial charge in [0.15, 0.2) is 0 Å². The lowest BCUT2D eigenvalue weighted by molar-refractivity contribution is 0.0710. The number of rotatable bonds is 1. The van der Waals surface area contributed by atoms with Crippen molar-refractivity contribution in [2.45, 2.75) is 25.0 Å².